The molecule has 0 aliphatic rings. The number of urea groups is 1. The summed E-state index contributed by atoms with van der Waals surface area (Å²) in [6.07, 6.45) is 0. The molecular formula is C25H29ClFN5O2. The molecule has 0 saturated carbocycles. The van der Waals surface area contributed by atoms with Gasteiger partial charge < -0.3 is 15.5 Å². The maximum absolute atomic E-state index is 13.5. The summed E-state index contributed by atoms with van der Waals surface area (Å²) in [5.74, 6) is -0.428. The highest BCUT2D eigenvalue weighted by Crippen LogP contribution is 2.29. The van der Waals surface area contributed by atoms with Gasteiger partial charge in [-0.25, -0.2) is 13.9 Å². The molecule has 0 bridgehead atoms. The van der Waals surface area contributed by atoms with Gasteiger partial charge in [-0.3, -0.25) is 4.79 Å². The van der Waals surface area contributed by atoms with Gasteiger partial charge in [0.25, 0.3) is 0 Å². The van der Waals surface area contributed by atoms with Crippen LogP contribution in [-0.2, 0) is 10.2 Å². The van der Waals surface area contributed by atoms with Crippen molar-refractivity contribution in [2.24, 2.45) is 0 Å². The SMILES string of the molecule is CC(C)N(CC(=O)Nc1cc(C(C)(C)C)nn1-c1ccccc1Cl)C(=O)Nc1cccc(F)c1. The van der Waals surface area contributed by atoms with Crippen LogP contribution in [0.1, 0.15) is 40.3 Å². The zero-order valence-electron chi connectivity index (χ0n) is 19.9. The van der Waals surface area contributed by atoms with E-state index in [1.807, 2.05) is 39.0 Å². The number of nitrogens with one attached hydrogen (secondary N) is 2. The van der Waals surface area contributed by atoms with Gasteiger partial charge in [-0.1, -0.05) is 50.6 Å². The summed E-state index contributed by atoms with van der Waals surface area (Å²) >= 11 is 6.39. The second-order valence-corrected chi connectivity index (χ2v) is 9.65. The molecule has 7 nitrogen and oxygen atoms in total. The smallest absolute Gasteiger partial charge is 0.313 e. The number of hydrogen-bond donors (Lipinski definition) is 2. The number of nitrogens with zero attached hydrogens (tertiary/aromatic N) is 3. The van der Waals surface area contributed by atoms with E-state index in [-0.39, 0.29) is 18.0 Å². The molecule has 0 spiro atoms. The molecule has 9 heteroatoms. The molecule has 180 valence electrons. The van der Waals surface area contributed by atoms with Crippen molar-refractivity contribution in [3.63, 3.8) is 0 Å². The van der Waals surface area contributed by atoms with Gasteiger partial charge in [0, 0.05) is 23.2 Å². The van der Waals surface area contributed by atoms with Crippen LogP contribution in [0.3, 0.4) is 0 Å². The summed E-state index contributed by atoms with van der Waals surface area (Å²) in [6, 6.07) is 13.8. The molecule has 3 amide bonds. The van der Waals surface area contributed by atoms with Crippen molar-refractivity contribution < 1.29 is 14.0 Å². The van der Waals surface area contributed by atoms with Crippen LogP contribution in [0.15, 0.2) is 54.6 Å². The van der Waals surface area contributed by atoms with E-state index < -0.39 is 17.8 Å². The molecule has 3 aromatic rings. The van der Waals surface area contributed by atoms with Crippen LogP contribution in [0.5, 0.6) is 0 Å². The first-order valence-corrected chi connectivity index (χ1v) is 11.3. The number of carbonyl (C=O) groups is 2. The molecule has 2 aromatic carbocycles. The average molecular weight is 486 g/mol. The Morgan fingerprint density at radius 2 is 1.79 bits per heavy atom. The maximum Gasteiger partial charge on any atom is 0.322 e. The number of anilines is 2. The number of aromatic nitrogens is 2. The predicted octanol–water partition coefficient (Wildman–Crippen LogP) is 5.84. The molecule has 3 rings (SSSR count). The molecule has 1 heterocycles. The summed E-state index contributed by atoms with van der Waals surface area (Å²) in [5.41, 5.74) is 1.44. The summed E-state index contributed by atoms with van der Waals surface area (Å²) < 4.78 is 15.1. The molecule has 0 aliphatic carbocycles. The van der Waals surface area contributed by atoms with E-state index in [1.54, 1.807) is 36.7 Å². The Morgan fingerprint density at radius 1 is 1.09 bits per heavy atom. The van der Waals surface area contributed by atoms with Crippen molar-refractivity contribution >= 4 is 35.0 Å². The minimum Gasteiger partial charge on any atom is -0.313 e. The third kappa shape index (κ3) is 6.14. The highest BCUT2D eigenvalue weighted by Gasteiger charge is 2.24. The van der Waals surface area contributed by atoms with Crippen LogP contribution in [0, 0.1) is 5.82 Å². The van der Waals surface area contributed by atoms with Crippen LogP contribution < -0.4 is 10.6 Å². The lowest BCUT2D eigenvalue weighted by Crippen LogP contribution is -2.44. The lowest BCUT2D eigenvalue weighted by atomic mass is 9.92. The van der Waals surface area contributed by atoms with Crippen molar-refractivity contribution in [3.8, 4) is 5.69 Å². The monoisotopic (exact) mass is 485 g/mol. The highest BCUT2D eigenvalue weighted by atomic mass is 35.5. The van der Waals surface area contributed by atoms with Crippen LogP contribution in [0.25, 0.3) is 5.69 Å². The van der Waals surface area contributed by atoms with Gasteiger partial charge in [0.2, 0.25) is 5.91 Å². The molecule has 0 fully saturated rings. The summed E-state index contributed by atoms with van der Waals surface area (Å²) in [5, 5.41) is 10.7. The van der Waals surface area contributed by atoms with Gasteiger partial charge in [-0.2, -0.15) is 5.10 Å². The minimum atomic E-state index is -0.509. The normalized spacial score (nSPS) is 11.4. The highest BCUT2D eigenvalue weighted by molar-refractivity contribution is 6.32. The molecule has 2 N–H and O–H groups in total. The molecule has 1 aromatic heterocycles. The lowest BCUT2D eigenvalue weighted by Gasteiger charge is -2.26. The van der Waals surface area contributed by atoms with E-state index in [0.29, 0.717) is 22.2 Å². The fraction of sp³-hybridized carbons (Fsp3) is 0.320. The second-order valence-electron chi connectivity index (χ2n) is 9.24. The van der Waals surface area contributed by atoms with Crippen molar-refractivity contribution in [3.05, 3.63) is 71.1 Å². The molecule has 0 unspecified atom stereocenters. The summed E-state index contributed by atoms with van der Waals surface area (Å²) in [7, 11) is 0. The number of halogens is 2. The van der Waals surface area contributed by atoms with Crippen LogP contribution >= 0.6 is 11.6 Å². The fourth-order valence-corrected chi connectivity index (χ4v) is 3.45. The van der Waals surface area contributed by atoms with Crippen LogP contribution in [0.2, 0.25) is 5.02 Å². The van der Waals surface area contributed by atoms with E-state index in [9.17, 15) is 14.0 Å². The molecular weight excluding hydrogens is 457 g/mol. The standard InChI is InChI=1S/C25H29ClFN5O2/c1-16(2)31(24(34)28-18-10-8-9-17(27)13-18)15-23(33)29-22-14-21(25(3,4)5)30-32(22)20-12-7-6-11-19(20)26/h6-14,16H,15H2,1-5H3,(H,28,34)(H,29,33). The largest absolute Gasteiger partial charge is 0.322 e. The average Bonchev–Trinajstić information content (AvgIpc) is 3.16. The Hall–Kier alpha value is -3.39. The van der Waals surface area contributed by atoms with Crippen molar-refractivity contribution in [1.29, 1.82) is 0 Å². The number of carbonyl (C=O) groups excluding carboxylic acids is 2. The summed E-state index contributed by atoms with van der Waals surface area (Å²) in [6.45, 7) is 9.45. The first-order valence-electron chi connectivity index (χ1n) is 10.9. The number of rotatable bonds is 6. The van der Waals surface area contributed by atoms with E-state index in [1.165, 1.54) is 23.1 Å². The third-order valence-electron chi connectivity index (χ3n) is 5.10. The third-order valence-corrected chi connectivity index (χ3v) is 5.42. The van der Waals surface area contributed by atoms with Crippen LogP contribution in [0.4, 0.5) is 20.7 Å². The zero-order chi connectivity index (χ0) is 25.0. The lowest BCUT2D eigenvalue weighted by molar-refractivity contribution is -0.117. The summed E-state index contributed by atoms with van der Waals surface area (Å²) in [4.78, 5) is 27.2. The maximum atomic E-state index is 13.5. The van der Waals surface area contributed by atoms with Gasteiger partial charge in [-0.05, 0) is 44.2 Å². The fourth-order valence-electron chi connectivity index (χ4n) is 3.23. The zero-order valence-corrected chi connectivity index (χ0v) is 20.7. The van der Waals surface area contributed by atoms with E-state index >= 15 is 0 Å². The molecule has 0 atom stereocenters. The number of para-hydroxylation sites is 1. The van der Waals surface area contributed by atoms with Crippen molar-refractivity contribution in [2.45, 2.75) is 46.1 Å². The van der Waals surface area contributed by atoms with Gasteiger partial charge in [0.15, 0.2) is 0 Å². The molecule has 0 saturated heterocycles. The Balaban J connectivity index is 1.82. The molecule has 0 aliphatic heterocycles. The second kappa shape index (κ2) is 10.3. The Bertz CT molecular complexity index is 1190. The Morgan fingerprint density at radius 3 is 2.41 bits per heavy atom. The van der Waals surface area contributed by atoms with Gasteiger partial charge >= 0.3 is 6.03 Å². The van der Waals surface area contributed by atoms with Crippen molar-refractivity contribution in [2.75, 3.05) is 17.2 Å². The number of amides is 3. The minimum absolute atomic E-state index is 0.211. The predicted molar refractivity (Wildman–Crippen MR) is 133 cm³/mol. The van der Waals surface area contributed by atoms with Gasteiger partial charge in [0.1, 0.15) is 18.2 Å². The first kappa shape index (κ1) is 25.2. The van der Waals surface area contributed by atoms with E-state index in [4.69, 9.17) is 11.6 Å². The topological polar surface area (TPSA) is 79.3 Å². The number of hydrogen-bond acceptors (Lipinski definition) is 3. The Kier molecular flexibility index (Phi) is 7.61. The Labute approximate surface area is 203 Å². The van der Waals surface area contributed by atoms with E-state index in [2.05, 4.69) is 15.7 Å². The van der Waals surface area contributed by atoms with Gasteiger partial charge in [-0.15, -0.1) is 0 Å². The van der Waals surface area contributed by atoms with Crippen molar-refractivity contribution in [1.82, 2.24) is 14.7 Å². The first-order chi connectivity index (χ1) is 16.0. The van der Waals surface area contributed by atoms with Gasteiger partial charge in [0.05, 0.1) is 16.4 Å². The van der Waals surface area contributed by atoms with Crippen LogP contribution in [-0.4, -0.2) is 39.2 Å². The molecule has 34 heavy (non-hydrogen) atoms. The molecule has 0 radical (unpaired) electrons. The number of benzene rings is 2. The quantitative estimate of drug-likeness (QED) is 0.460. The van der Waals surface area contributed by atoms with E-state index in [0.717, 1.165) is 5.69 Å².